The normalized spacial score (nSPS) is 10.3. The lowest BCUT2D eigenvalue weighted by atomic mass is 10.1. The third-order valence-electron chi connectivity index (χ3n) is 2.17. The molecule has 82 valence electrons. The Hall–Kier alpha value is -2.17. The second kappa shape index (κ2) is 4.14. The monoisotopic (exact) mass is 218 g/mol. The SMILES string of the molecule is Cc1cnc(Cc2ccc([N+](=O)[O-])cc2)o1. The van der Waals surface area contributed by atoms with Gasteiger partial charge in [0, 0.05) is 18.6 Å². The predicted molar refractivity (Wildman–Crippen MR) is 57.1 cm³/mol. The Kier molecular flexibility index (Phi) is 2.68. The number of benzene rings is 1. The quantitative estimate of drug-likeness (QED) is 0.586. The molecule has 0 bridgehead atoms. The summed E-state index contributed by atoms with van der Waals surface area (Å²) in [5.74, 6) is 1.38. The number of non-ortho nitro benzene ring substituents is 1. The molecule has 0 spiro atoms. The van der Waals surface area contributed by atoms with Gasteiger partial charge in [-0.05, 0) is 12.5 Å². The van der Waals surface area contributed by atoms with E-state index < -0.39 is 4.92 Å². The van der Waals surface area contributed by atoms with Crippen molar-refractivity contribution in [2.75, 3.05) is 0 Å². The van der Waals surface area contributed by atoms with Gasteiger partial charge in [0.15, 0.2) is 5.89 Å². The standard InChI is InChI=1S/C11H10N2O3/c1-8-7-12-11(16-8)6-9-2-4-10(5-3-9)13(14)15/h2-5,7H,6H2,1H3. The zero-order chi connectivity index (χ0) is 11.5. The summed E-state index contributed by atoms with van der Waals surface area (Å²) in [6.45, 7) is 1.83. The van der Waals surface area contributed by atoms with E-state index in [0.29, 0.717) is 12.3 Å². The molecule has 1 heterocycles. The lowest BCUT2D eigenvalue weighted by molar-refractivity contribution is -0.384. The lowest BCUT2D eigenvalue weighted by Gasteiger charge is -1.96. The number of hydrogen-bond acceptors (Lipinski definition) is 4. The van der Waals surface area contributed by atoms with Gasteiger partial charge in [0.25, 0.3) is 5.69 Å². The van der Waals surface area contributed by atoms with Crippen LogP contribution in [-0.4, -0.2) is 9.91 Å². The average molecular weight is 218 g/mol. The van der Waals surface area contributed by atoms with Crippen molar-refractivity contribution in [1.29, 1.82) is 0 Å². The highest BCUT2D eigenvalue weighted by Gasteiger charge is 2.06. The van der Waals surface area contributed by atoms with Crippen molar-refractivity contribution in [3.05, 3.63) is 57.8 Å². The van der Waals surface area contributed by atoms with Crippen LogP contribution in [0.4, 0.5) is 5.69 Å². The van der Waals surface area contributed by atoms with E-state index in [1.54, 1.807) is 18.3 Å². The Labute approximate surface area is 91.9 Å². The van der Waals surface area contributed by atoms with Gasteiger partial charge in [0.2, 0.25) is 0 Å². The zero-order valence-corrected chi connectivity index (χ0v) is 8.71. The minimum Gasteiger partial charge on any atom is -0.446 e. The molecule has 0 aliphatic rings. The van der Waals surface area contributed by atoms with Crippen molar-refractivity contribution in [2.24, 2.45) is 0 Å². The molecule has 0 saturated carbocycles. The summed E-state index contributed by atoms with van der Waals surface area (Å²) < 4.78 is 5.32. The number of hydrogen-bond donors (Lipinski definition) is 0. The van der Waals surface area contributed by atoms with E-state index in [2.05, 4.69) is 4.98 Å². The summed E-state index contributed by atoms with van der Waals surface area (Å²) in [5.41, 5.74) is 1.03. The molecule has 0 amide bonds. The van der Waals surface area contributed by atoms with Crippen LogP contribution in [0.15, 0.2) is 34.9 Å². The highest BCUT2D eigenvalue weighted by molar-refractivity contribution is 5.33. The van der Waals surface area contributed by atoms with Crippen LogP contribution in [0.3, 0.4) is 0 Å². The van der Waals surface area contributed by atoms with Crippen LogP contribution >= 0.6 is 0 Å². The van der Waals surface area contributed by atoms with E-state index in [1.165, 1.54) is 12.1 Å². The van der Waals surface area contributed by atoms with Crippen LogP contribution < -0.4 is 0 Å². The van der Waals surface area contributed by atoms with E-state index in [-0.39, 0.29) is 5.69 Å². The summed E-state index contributed by atoms with van der Waals surface area (Å²) in [4.78, 5) is 14.1. The molecule has 0 saturated heterocycles. The maximum absolute atomic E-state index is 10.4. The molecule has 5 heteroatoms. The second-order valence-corrected chi connectivity index (χ2v) is 3.46. The molecule has 1 aromatic heterocycles. The largest absolute Gasteiger partial charge is 0.446 e. The fourth-order valence-corrected chi connectivity index (χ4v) is 1.39. The highest BCUT2D eigenvalue weighted by atomic mass is 16.6. The smallest absolute Gasteiger partial charge is 0.269 e. The summed E-state index contributed by atoms with van der Waals surface area (Å²) in [5, 5.41) is 10.4. The molecular weight excluding hydrogens is 208 g/mol. The van der Waals surface area contributed by atoms with Gasteiger partial charge in [-0.1, -0.05) is 12.1 Å². The van der Waals surface area contributed by atoms with Gasteiger partial charge in [-0.15, -0.1) is 0 Å². The molecule has 0 aliphatic carbocycles. The fraction of sp³-hybridized carbons (Fsp3) is 0.182. The third-order valence-corrected chi connectivity index (χ3v) is 2.17. The third kappa shape index (κ3) is 2.25. The van der Waals surface area contributed by atoms with Crippen molar-refractivity contribution < 1.29 is 9.34 Å². The minimum absolute atomic E-state index is 0.0901. The van der Waals surface area contributed by atoms with E-state index in [0.717, 1.165) is 11.3 Å². The number of rotatable bonds is 3. The van der Waals surface area contributed by atoms with Crippen LogP contribution in [-0.2, 0) is 6.42 Å². The lowest BCUT2D eigenvalue weighted by Crippen LogP contribution is -1.90. The molecule has 2 aromatic rings. The summed E-state index contributed by atoms with van der Waals surface area (Å²) in [6.07, 6.45) is 2.20. The van der Waals surface area contributed by atoms with Gasteiger partial charge in [0.1, 0.15) is 5.76 Å². The van der Waals surface area contributed by atoms with Gasteiger partial charge in [-0.3, -0.25) is 10.1 Å². The first-order valence-corrected chi connectivity index (χ1v) is 4.80. The van der Waals surface area contributed by atoms with Crippen molar-refractivity contribution >= 4 is 5.69 Å². The molecule has 0 fully saturated rings. The average Bonchev–Trinajstić information content (AvgIpc) is 2.65. The Morgan fingerprint density at radius 1 is 1.38 bits per heavy atom. The van der Waals surface area contributed by atoms with Gasteiger partial charge >= 0.3 is 0 Å². The number of oxazole rings is 1. The van der Waals surface area contributed by atoms with Gasteiger partial charge in [-0.2, -0.15) is 0 Å². The van der Waals surface area contributed by atoms with Crippen LogP contribution in [0.1, 0.15) is 17.2 Å². The molecule has 0 atom stereocenters. The molecule has 1 aromatic carbocycles. The molecule has 0 radical (unpaired) electrons. The minimum atomic E-state index is -0.418. The Morgan fingerprint density at radius 2 is 2.06 bits per heavy atom. The van der Waals surface area contributed by atoms with Crippen molar-refractivity contribution in [3.63, 3.8) is 0 Å². The summed E-state index contributed by atoms with van der Waals surface area (Å²) >= 11 is 0. The van der Waals surface area contributed by atoms with Crippen LogP contribution in [0.25, 0.3) is 0 Å². The first kappa shape index (κ1) is 10.4. The number of aromatic nitrogens is 1. The molecular formula is C11H10N2O3. The van der Waals surface area contributed by atoms with E-state index in [9.17, 15) is 10.1 Å². The summed E-state index contributed by atoms with van der Waals surface area (Å²) in [6, 6.07) is 6.37. The topological polar surface area (TPSA) is 69.2 Å². The van der Waals surface area contributed by atoms with Crippen molar-refractivity contribution in [3.8, 4) is 0 Å². The molecule has 0 aliphatic heterocycles. The van der Waals surface area contributed by atoms with Gasteiger partial charge < -0.3 is 4.42 Å². The number of nitro benzene ring substituents is 1. The number of nitro groups is 1. The fourth-order valence-electron chi connectivity index (χ4n) is 1.39. The Balaban J connectivity index is 2.14. The van der Waals surface area contributed by atoms with E-state index >= 15 is 0 Å². The van der Waals surface area contributed by atoms with Gasteiger partial charge in [-0.25, -0.2) is 4.98 Å². The first-order chi connectivity index (χ1) is 7.65. The highest BCUT2D eigenvalue weighted by Crippen LogP contribution is 2.15. The molecule has 5 nitrogen and oxygen atoms in total. The van der Waals surface area contributed by atoms with E-state index in [4.69, 9.17) is 4.42 Å². The predicted octanol–water partition coefficient (Wildman–Crippen LogP) is 2.48. The van der Waals surface area contributed by atoms with Crippen LogP contribution in [0.5, 0.6) is 0 Å². The zero-order valence-electron chi connectivity index (χ0n) is 8.71. The van der Waals surface area contributed by atoms with Crippen LogP contribution in [0.2, 0.25) is 0 Å². The Morgan fingerprint density at radius 3 is 2.56 bits per heavy atom. The van der Waals surface area contributed by atoms with Crippen LogP contribution in [0, 0.1) is 17.0 Å². The number of nitrogens with zero attached hydrogens (tertiary/aromatic N) is 2. The van der Waals surface area contributed by atoms with Crippen molar-refractivity contribution in [2.45, 2.75) is 13.3 Å². The van der Waals surface area contributed by atoms with Crippen molar-refractivity contribution in [1.82, 2.24) is 4.98 Å². The molecule has 16 heavy (non-hydrogen) atoms. The van der Waals surface area contributed by atoms with E-state index in [1.807, 2.05) is 6.92 Å². The first-order valence-electron chi connectivity index (χ1n) is 4.80. The second-order valence-electron chi connectivity index (χ2n) is 3.46. The number of aryl methyl sites for hydroxylation is 1. The molecule has 0 unspecified atom stereocenters. The van der Waals surface area contributed by atoms with Gasteiger partial charge in [0.05, 0.1) is 11.1 Å². The molecule has 0 N–H and O–H groups in total. The maximum atomic E-state index is 10.4. The maximum Gasteiger partial charge on any atom is 0.269 e. The molecule has 2 rings (SSSR count). The summed E-state index contributed by atoms with van der Waals surface area (Å²) in [7, 11) is 0. The Bertz CT molecular complexity index is 502.